The molecule has 0 saturated carbocycles. The number of hydrogen-bond donors (Lipinski definition) is 0. The summed E-state index contributed by atoms with van der Waals surface area (Å²) in [5.41, 5.74) is 1.72. The first kappa shape index (κ1) is 23.8. The van der Waals surface area contributed by atoms with Gasteiger partial charge in [0.1, 0.15) is 17.2 Å². The summed E-state index contributed by atoms with van der Waals surface area (Å²) in [7, 11) is 1.63. The Hall–Kier alpha value is -3.45. The van der Waals surface area contributed by atoms with Crippen molar-refractivity contribution in [2.45, 2.75) is 13.8 Å². The molecule has 7 heteroatoms. The van der Waals surface area contributed by atoms with E-state index in [0.717, 1.165) is 16.3 Å². The number of methoxy groups -OCH3 is 1. The summed E-state index contributed by atoms with van der Waals surface area (Å²) in [4.78, 5) is 23.4. The number of nitrogens with zero attached hydrogens (tertiary/aromatic N) is 1. The summed E-state index contributed by atoms with van der Waals surface area (Å²) in [6, 6.07) is 19.6. The van der Waals surface area contributed by atoms with Crippen molar-refractivity contribution in [3.63, 3.8) is 0 Å². The number of aromatic carboxylic acids is 1. The molecule has 0 aliphatic heterocycles. The van der Waals surface area contributed by atoms with Gasteiger partial charge in [-0.2, -0.15) is 4.58 Å². The lowest BCUT2D eigenvalue weighted by atomic mass is 10.2. The number of carbonyl (C=O) groups excluding carboxylic acids is 2. The summed E-state index contributed by atoms with van der Waals surface area (Å²) < 4.78 is 12.4. The van der Waals surface area contributed by atoms with Gasteiger partial charge in [-0.25, -0.2) is 4.79 Å². The third-order valence-corrected chi connectivity index (χ3v) is 5.08. The van der Waals surface area contributed by atoms with Crippen LogP contribution in [-0.4, -0.2) is 42.5 Å². The molecule has 0 amide bonds. The Morgan fingerprint density at radius 1 is 0.968 bits per heavy atom. The lowest BCUT2D eigenvalue weighted by molar-refractivity contribution is -0.435. The predicted octanol–water partition coefficient (Wildman–Crippen LogP) is 3.52. The van der Waals surface area contributed by atoms with E-state index in [0.29, 0.717) is 18.9 Å². The van der Waals surface area contributed by atoms with Crippen molar-refractivity contribution < 1.29 is 28.7 Å². The Bertz CT molecular complexity index is 996. The molecule has 0 unspecified atom stereocenters. The number of hydrogen-bond acceptors (Lipinski definition) is 6. The Balaban J connectivity index is 0.000000316. The topological polar surface area (TPSA) is 78.7 Å². The molecule has 0 spiro atoms. The molecule has 162 valence electrons. The maximum atomic E-state index is 12.4. The van der Waals surface area contributed by atoms with Crippen LogP contribution >= 0.6 is 11.3 Å². The maximum Gasteiger partial charge on any atom is 0.405 e. The van der Waals surface area contributed by atoms with E-state index in [1.807, 2.05) is 60.2 Å². The minimum atomic E-state index is -1.13. The highest BCUT2D eigenvalue weighted by Gasteiger charge is 2.28. The lowest BCUT2D eigenvalue weighted by Gasteiger charge is -2.07. The number of thiophene rings is 1. The van der Waals surface area contributed by atoms with Crippen molar-refractivity contribution in [2.24, 2.45) is 0 Å². The van der Waals surface area contributed by atoms with Crippen LogP contribution in [0.15, 0.2) is 72.1 Å². The first-order valence-electron chi connectivity index (χ1n) is 9.77. The van der Waals surface area contributed by atoms with E-state index < -0.39 is 5.97 Å². The lowest BCUT2D eigenvalue weighted by Crippen LogP contribution is -2.27. The third-order valence-electron chi connectivity index (χ3n) is 4.20. The third kappa shape index (κ3) is 6.79. The van der Waals surface area contributed by atoms with Gasteiger partial charge < -0.3 is 19.4 Å². The molecule has 3 rings (SSSR count). The summed E-state index contributed by atoms with van der Waals surface area (Å²) in [6.45, 7) is 4.84. The average molecular weight is 440 g/mol. The molecule has 1 aromatic heterocycles. The van der Waals surface area contributed by atoms with Gasteiger partial charge in [-0.15, -0.1) is 11.3 Å². The molecule has 0 bridgehead atoms. The van der Waals surface area contributed by atoms with Crippen molar-refractivity contribution in [3.05, 3.63) is 82.6 Å². The molecule has 0 N–H and O–H groups in total. The Morgan fingerprint density at radius 2 is 1.65 bits per heavy atom. The van der Waals surface area contributed by atoms with Crippen molar-refractivity contribution in [2.75, 3.05) is 20.3 Å². The zero-order valence-corrected chi connectivity index (χ0v) is 18.6. The molecule has 0 aliphatic carbocycles. The van der Waals surface area contributed by atoms with Crippen molar-refractivity contribution >= 4 is 34.7 Å². The summed E-state index contributed by atoms with van der Waals surface area (Å²) >= 11 is 1.53. The van der Waals surface area contributed by atoms with Gasteiger partial charge in [-0.05, 0) is 43.0 Å². The smallest absolute Gasteiger partial charge is 0.405 e. The molecule has 3 aromatic rings. The highest BCUT2D eigenvalue weighted by molar-refractivity contribution is 7.12. The van der Waals surface area contributed by atoms with Crippen LogP contribution in [0.3, 0.4) is 0 Å². The molecular formula is C24H25NO5S. The SMILES string of the molecule is CCOC(=O)C(c1cccs1)=[N+](CC)c1ccc(OC)cc1.O=C([O-])c1ccccc1. The highest BCUT2D eigenvalue weighted by atomic mass is 32.1. The van der Waals surface area contributed by atoms with Gasteiger partial charge in [-0.3, -0.25) is 0 Å². The molecule has 0 atom stereocenters. The van der Waals surface area contributed by atoms with E-state index >= 15 is 0 Å². The Labute approximate surface area is 186 Å². The summed E-state index contributed by atoms with van der Waals surface area (Å²) in [5.74, 6) is -0.646. The number of carboxylic acid groups (broad SMARTS) is 1. The molecule has 0 saturated heterocycles. The van der Waals surface area contributed by atoms with Gasteiger partial charge in [0.05, 0.1) is 19.7 Å². The molecule has 31 heavy (non-hydrogen) atoms. The van der Waals surface area contributed by atoms with Crippen molar-refractivity contribution in [3.8, 4) is 5.75 Å². The Morgan fingerprint density at radius 3 is 2.10 bits per heavy atom. The predicted molar refractivity (Wildman–Crippen MR) is 119 cm³/mol. The van der Waals surface area contributed by atoms with Gasteiger partial charge in [0, 0.05) is 12.1 Å². The van der Waals surface area contributed by atoms with Gasteiger partial charge in [0.2, 0.25) is 5.69 Å². The molecule has 0 fully saturated rings. The second-order valence-electron chi connectivity index (χ2n) is 6.14. The number of ether oxygens (including phenoxy) is 2. The fraction of sp³-hybridized carbons (Fsp3) is 0.208. The first-order chi connectivity index (χ1) is 15.0. The van der Waals surface area contributed by atoms with Crippen LogP contribution in [0.25, 0.3) is 0 Å². The average Bonchev–Trinajstić information content (AvgIpc) is 3.33. The monoisotopic (exact) mass is 439 g/mol. The largest absolute Gasteiger partial charge is 0.545 e. The number of carbonyl (C=O) groups is 2. The molecule has 2 aromatic carbocycles. The second-order valence-corrected chi connectivity index (χ2v) is 7.09. The van der Waals surface area contributed by atoms with Crippen LogP contribution in [0.1, 0.15) is 29.1 Å². The molecule has 0 radical (unpaired) electrons. The zero-order valence-electron chi connectivity index (χ0n) is 17.7. The fourth-order valence-electron chi connectivity index (χ4n) is 2.76. The van der Waals surface area contributed by atoms with Crippen LogP contribution < -0.4 is 9.84 Å². The molecular weight excluding hydrogens is 414 g/mol. The fourth-order valence-corrected chi connectivity index (χ4v) is 3.53. The van der Waals surface area contributed by atoms with E-state index in [-0.39, 0.29) is 11.5 Å². The van der Waals surface area contributed by atoms with Gasteiger partial charge in [0.25, 0.3) is 0 Å². The highest BCUT2D eigenvalue weighted by Crippen LogP contribution is 2.21. The van der Waals surface area contributed by atoms with Crippen LogP contribution in [0.4, 0.5) is 5.69 Å². The summed E-state index contributed by atoms with van der Waals surface area (Å²) in [5, 5.41) is 12.0. The number of carboxylic acids is 1. The number of rotatable bonds is 7. The van der Waals surface area contributed by atoms with Crippen LogP contribution in [0, 0.1) is 0 Å². The zero-order chi connectivity index (χ0) is 22.6. The van der Waals surface area contributed by atoms with E-state index in [2.05, 4.69) is 0 Å². The quantitative estimate of drug-likeness (QED) is 0.320. The van der Waals surface area contributed by atoms with Crippen LogP contribution in [0.2, 0.25) is 0 Å². The normalized spacial score (nSPS) is 10.9. The standard InChI is InChI=1S/C17H20NO3S.C7H6O2/c1-4-18(13-8-10-14(20-3)11-9-13)16(17(19)21-5-2)15-7-6-12-22-15;8-7(9)6-4-2-1-3-5-6/h6-12H,4-5H2,1-3H3;1-5H,(H,8,9)/q+1;/p-1. The first-order valence-corrected chi connectivity index (χ1v) is 10.7. The summed E-state index contributed by atoms with van der Waals surface area (Å²) in [6.07, 6.45) is 0. The van der Waals surface area contributed by atoms with E-state index in [1.54, 1.807) is 25.3 Å². The van der Waals surface area contributed by atoms with E-state index in [1.165, 1.54) is 23.5 Å². The van der Waals surface area contributed by atoms with Crippen molar-refractivity contribution in [1.82, 2.24) is 0 Å². The van der Waals surface area contributed by atoms with Crippen LogP contribution in [0.5, 0.6) is 5.75 Å². The van der Waals surface area contributed by atoms with E-state index in [9.17, 15) is 14.7 Å². The minimum absolute atomic E-state index is 0.220. The maximum absolute atomic E-state index is 12.4. The molecule has 1 heterocycles. The molecule has 6 nitrogen and oxygen atoms in total. The minimum Gasteiger partial charge on any atom is -0.545 e. The van der Waals surface area contributed by atoms with Crippen molar-refractivity contribution in [1.29, 1.82) is 0 Å². The second kappa shape index (κ2) is 12.3. The van der Waals surface area contributed by atoms with E-state index in [4.69, 9.17) is 9.47 Å². The van der Waals surface area contributed by atoms with Gasteiger partial charge in [0.15, 0.2) is 0 Å². The van der Waals surface area contributed by atoms with Gasteiger partial charge in [-0.1, -0.05) is 36.4 Å². The number of benzene rings is 2. The Kier molecular flexibility index (Phi) is 9.45. The number of esters is 1. The van der Waals surface area contributed by atoms with Gasteiger partial charge >= 0.3 is 11.7 Å². The van der Waals surface area contributed by atoms with Crippen LogP contribution in [-0.2, 0) is 9.53 Å². The molecule has 0 aliphatic rings.